The molecular weight excluding hydrogens is 253 g/mol. The number of hydrogen-bond acceptors (Lipinski definition) is 2. The second-order valence-electron chi connectivity index (χ2n) is 3.30. The quantitative estimate of drug-likeness (QED) is 0.727. The van der Waals surface area contributed by atoms with Gasteiger partial charge in [0.2, 0.25) is 0 Å². The van der Waals surface area contributed by atoms with Crippen LogP contribution in [0.25, 0.3) is 11.1 Å². The Morgan fingerprint density at radius 3 is 2.35 bits per heavy atom. The fourth-order valence-corrected chi connectivity index (χ4v) is 1.55. The highest BCUT2D eigenvalue weighted by atomic mass is 35.5. The molecule has 0 aliphatic carbocycles. The van der Waals surface area contributed by atoms with Gasteiger partial charge in [-0.3, -0.25) is 4.98 Å². The van der Waals surface area contributed by atoms with Crippen LogP contribution in [-0.4, -0.2) is 9.97 Å². The number of alkyl halides is 3. The minimum Gasteiger partial charge on any atom is -0.265 e. The predicted octanol–water partition coefficient (Wildman–Crippen LogP) is 3.82. The second kappa shape index (κ2) is 4.33. The van der Waals surface area contributed by atoms with E-state index in [0.29, 0.717) is 11.8 Å². The molecule has 6 heteroatoms. The predicted molar refractivity (Wildman–Crippen MR) is 57.5 cm³/mol. The van der Waals surface area contributed by atoms with Crippen molar-refractivity contribution in [1.82, 2.24) is 9.97 Å². The molecule has 0 fully saturated rings. The first-order chi connectivity index (χ1) is 7.98. The van der Waals surface area contributed by atoms with Crippen LogP contribution in [0.15, 0.2) is 36.8 Å². The Hall–Kier alpha value is -1.62. The number of halogens is 4. The van der Waals surface area contributed by atoms with Crippen molar-refractivity contribution in [3.63, 3.8) is 0 Å². The molecule has 0 aromatic carbocycles. The standard InChI is InChI=1S/C11H6ClF3N2/c12-10-9(7-1-3-16-4-2-7)5-8(6-17-10)11(13,14)15/h1-6H. The largest absolute Gasteiger partial charge is 0.417 e. The Morgan fingerprint density at radius 2 is 1.76 bits per heavy atom. The molecule has 0 aliphatic rings. The first-order valence-corrected chi connectivity index (χ1v) is 4.99. The van der Waals surface area contributed by atoms with Gasteiger partial charge in [0.15, 0.2) is 0 Å². The highest BCUT2D eigenvalue weighted by Gasteiger charge is 2.31. The Labute approximate surface area is 100 Å². The summed E-state index contributed by atoms with van der Waals surface area (Å²) in [6.07, 6.45) is -0.760. The van der Waals surface area contributed by atoms with Crippen LogP contribution >= 0.6 is 11.6 Å². The topological polar surface area (TPSA) is 25.8 Å². The van der Waals surface area contributed by atoms with E-state index in [-0.39, 0.29) is 10.7 Å². The highest BCUT2D eigenvalue weighted by Crippen LogP contribution is 2.34. The molecule has 88 valence electrons. The Balaban J connectivity index is 2.55. The zero-order valence-corrected chi connectivity index (χ0v) is 9.13. The lowest BCUT2D eigenvalue weighted by Gasteiger charge is -2.09. The van der Waals surface area contributed by atoms with Crippen LogP contribution in [0.4, 0.5) is 13.2 Å². The minimum atomic E-state index is -4.43. The molecular formula is C11H6ClF3N2. The molecule has 0 spiro atoms. The van der Waals surface area contributed by atoms with Gasteiger partial charge >= 0.3 is 6.18 Å². The molecule has 0 saturated heterocycles. The number of rotatable bonds is 1. The van der Waals surface area contributed by atoms with Gasteiger partial charge in [-0.25, -0.2) is 4.98 Å². The van der Waals surface area contributed by atoms with Gasteiger partial charge in [-0.2, -0.15) is 13.2 Å². The summed E-state index contributed by atoms with van der Waals surface area (Å²) in [6, 6.07) is 4.12. The third-order valence-corrected chi connectivity index (χ3v) is 2.46. The van der Waals surface area contributed by atoms with Crippen molar-refractivity contribution in [3.8, 4) is 11.1 Å². The van der Waals surface area contributed by atoms with Gasteiger partial charge in [-0.15, -0.1) is 0 Å². The van der Waals surface area contributed by atoms with Crippen molar-refractivity contribution in [2.75, 3.05) is 0 Å². The molecule has 2 aromatic rings. The van der Waals surface area contributed by atoms with E-state index in [1.54, 1.807) is 12.1 Å². The normalized spacial score (nSPS) is 11.5. The van der Waals surface area contributed by atoms with Crippen LogP contribution in [0.1, 0.15) is 5.56 Å². The van der Waals surface area contributed by atoms with E-state index >= 15 is 0 Å². The summed E-state index contributed by atoms with van der Waals surface area (Å²) in [4.78, 5) is 7.33. The van der Waals surface area contributed by atoms with Crippen molar-refractivity contribution in [3.05, 3.63) is 47.5 Å². The molecule has 0 N–H and O–H groups in total. The first-order valence-electron chi connectivity index (χ1n) is 4.61. The summed E-state index contributed by atoms with van der Waals surface area (Å²) < 4.78 is 37.6. The van der Waals surface area contributed by atoms with E-state index in [9.17, 15) is 13.2 Å². The first kappa shape index (κ1) is 11.9. The molecule has 2 rings (SSSR count). The fraction of sp³-hybridized carbons (Fsp3) is 0.0909. The smallest absolute Gasteiger partial charge is 0.265 e. The average Bonchev–Trinajstić information content (AvgIpc) is 2.29. The Morgan fingerprint density at radius 1 is 1.12 bits per heavy atom. The van der Waals surface area contributed by atoms with E-state index in [4.69, 9.17) is 11.6 Å². The molecule has 0 bridgehead atoms. The van der Waals surface area contributed by atoms with Crippen LogP contribution in [0.5, 0.6) is 0 Å². The molecule has 0 amide bonds. The lowest BCUT2D eigenvalue weighted by molar-refractivity contribution is -0.137. The van der Waals surface area contributed by atoms with E-state index in [1.807, 2.05) is 0 Å². The number of pyridine rings is 2. The van der Waals surface area contributed by atoms with Crippen molar-refractivity contribution in [2.45, 2.75) is 6.18 Å². The number of aromatic nitrogens is 2. The highest BCUT2D eigenvalue weighted by molar-refractivity contribution is 6.32. The van der Waals surface area contributed by atoms with Gasteiger partial charge < -0.3 is 0 Å². The maximum Gasteiger partial charge on any atom is 0.417 e. The van der Waals surface area contributed by atoms with Crippen molar-refractivity contribution < 1.29 is 13.2 Å². The molecule has 2 heterocycles. The van der Waals surface area contributed by atoms with Gasteiger partial charge in [0.05, 0.1) is 5.56 Å². The number of nitrogens with zero attached hydrogens (tertiary/aromatic N) is 2. The summed E-state index contributed by atoms with van der Waals surface area (Å²) in [5.74, 6) is 0. The third-order valence-electron chi connectivity index (χ3n) is 2.16. The van der Waals surface area contributed by atoms with Crippen molar-refractivity contribution >= 4 is 11.6 Å². The van der Waals surface area contributed by atoms with E-state index in [0.717, 1.165) is 6.07 Å². The number of hydrogen-bond donors (Lipinski definition) is 0. The molecule has 2 aromatic heterocycles. The summed E-state index contributed by atoms with van der Waals surface area (Å²) in [5, 5.41) is 0.0317. The zero-order valence-electron chi connectivity index (χ0n) is 8.37. The molecule has 0 aliphatic heterocycles. The SMILES string of the molecule is FC(F)(F)c1cnc(Cl)c(-c2ccncc2)c1. The second-order valence-corrected chi connectivity index (χ2v) is 3.65. The van der Waals surface area contributed by atoms with Crippen molar-refractivity contribution in [2.24, 2.45) is 0 Å². The Kier molecular flexibility index (Phi) is 3.02. The monoisotopic (exact) mass is 258 g/mol. The van der Waals surface area contributed by atoms with Gasteiger partial charge in [0, 0.05) is 24.2 Å². The molecule has 0 atom stereocenters. The lowest BCUT2D eigenvalue weighted by Crippen LogP contribution is -2.05. The van der Waals surface area contributed by atoms with E-state index in [1.165, 1.54) is 12.4 Å². The molecule has 0 saturated carbocycles. The summed E-state index contributed by atoms with van der Waals surface area (Å²) in [7, 11) is 0. The van der Waals surface area contributed by atoms with E-state index < -0.39 is 11.7 Å². The maximum absolute atomic E-state index is 12.5. The molecule has 0 unspecified atom stereocenters. The van der Waals surface area contributed by atoms with Crippen LogP contribution < -0.4 is 0 Å². The maximum atomic E-state index is 12.5. The van der Waals surface area contributed by atoms with Crippen LogP contribution in [-0.2, 0) is 6.18 Å². The average molecular weight is 259 g/mol. The van der Waals surface area contributed by atoms with Gasteiger partial charge in [-0.1, -0.05) is 11.6 Å². The van der Waals surface area contributed by atoms with Crippen LogP contribution in [0.2, 0.25) is 5.15 Å². The third kappa shape index (κ3) is 2.55. The minimum absolute atomic E-state index is 0.0317. The van der Waals surface area contributed by atoms with Crippen molar-refractivity contribution in [1.29, 1.82) is 0 Å². The van der Waals surface area contributed by atoms with Crippen LogP contribution in [0.3, 0.4) is 0 Å². The van der Waals surface area contributed by atoms with E-state index in [2.05, 4.69) is 9.97 Å². The molecule has 17 heavy (non-hydrogen) atoms. The van der Waals surface area contributed by atoms with Gasteiger partial charge in [-0.05, 0) is 23.8 Å². The Bertz CT molecular complexity index is 526. The fourth-order valence-electron chi connectivity index (χ4n) is 1.34. The summed E-state index contributed by atoms with van der Waals surface area (Å²) >= 11 is 5.78. The van der Waals surface area contributed by atoms with Gasteiger partial charge in [0.25, 0.3) is 0 Å². The van der Waals surface area contributed by atoms with Gasteiger partial charge in [0.1, 0.15) is 5.15 Å². The molecule has 2 nitrogen and oxygen atoms in total. The van der Waals surface area contributed by atoms with Crippen LogP contribution in [0, 0.1) is 0 Å². The lowest BCUT2D eigenvalue weighted by atomic mass is 10.1. The zero-order chi connectivity index (χ0) is 12.5. The summed E-state index contributed by atoms with van der Waals surface area (Å²) in [6.45, 7) is 0. The molecule has 0 radical (unpaired) electrons. The summed E-state index contributed by atoms with van der Waals surface area (Å²) in [5.41, 5.74) is -0.0406.